The summed E-state index contributed by atoms with van der Waals surface area (Å²) in [4.78, 5) is 2.42. The Balaban J connectivity index is 1.74. The predicted molar refractivity (Wildman–Crippen MR) is 111 cm³/mol. The van der Waals surface area contributed by atoms with Crippen LogP contribution in [0.15, 0.2) is 103 Å². The van der Waals surface area contributed by atoms with Crippen LogP contribution < -0.4 is 4.90 Å². The van der Waals surface area contributed by atoms with E-state index in [0.29, 0.717) is 0 Å². The maximum Gasteiger partial charge on any atom is 0.0785 e. The highest BCUT2D eigenvalue weighted by atomic mass is 15.2. The number of hydrogen-bond donors (Lipinski definition) is 0. The Morgan fingerprint density at radius 1 is 0.577 bits per heavy atom. The maximum absolute atomic E-state index is 2.42. The van der Waals surface area contributed by atoms with Gasteiger partial charge in [0.25, 0.3) is 0 Å². The number of nitrogens with zero attached hydrogens (tertiary/aromatic N) is 1. The van der Waals surface area contributed by atoms with Crippen molar-refractivity contribution in [2.24, 2.45) is 0 Å². The quantitative estimate of drug-likeness (QED) is 0.401. The molecule has 1 heteroatoms. The first-order chi connectivity index (χ1) is 12.9. The molecule has 124 valence electrons. The molecule has 1 aliphatic rings. The van der Waals surface area contributed by atoms with E-state index in [2.05, 4.69) is 114 Å². The lowest BCUT2D eigenvalue weighted by Crippen LogP contribution is -2.23. The van der Waals surface area contributed by atoms with Gasteiger partial charge in [0.05, 0.1) is 6.04 Å². The Kier molecular flexibility index (Phi) is 3.57. The van der Waals surface area contributed by atoms with Gasteiger partial charge in [-0.2, -0.15) is 0 Å². The van der Waals surface area contributed by atoms with Gasteiger partial charge in [0.2, 0.25) is 0 Å². The van der Waals surface area contributed by atoms with Gasteiger partial charge in [0.1, 0.15) is 0 Å². The molecule has 0 N–H and O–H groups in total. The second-order valence-corrected chi connectivity index (χ2v) is 6.64. The van der Waals surface area contributed by atoms with Crippen molar-refractivity contribution in [1.82, 2.24) is 0 Å². The Hall–Kier alpha value is -3.32. The zero-order valence-electron chi connectivity index (χ0n) is 14.4. The molecule has 1 aliphatic carbocycles. The fraction of sp³-hybridized carbons (Fsp3) is 0.0400. The molecule has 4 aromatic rings. The van der Waals surface area contributed by atoms with Crippen molar-refractivity contribution in [1.29, 1.82) is 0 Å². The summed E-state index contributed by atoms with van der Waals surface area (Å²) in [7, 11) is 0. The van der Waals surface area contributed by atoms with E-state index in [1.807, 2.05) is 0 Å². The van der Waals surface area contributed by atoms with Crippen LogP contribution in [0.4, 0.5) is 11.4 Å². The third kappa shape index (κ3) is 2.41. The number of para-hydroxylation sites is 2. The second-order valence-electron chi connectivity index (χ2n) is 6.64. The summed E-state index contributed by atoms with van der Waals surface area (Å²) in [6, 6.07) is 34.6. The molecule has 0 bridgehead atoms. The van der Waals surface area contributed by atoms with E-state index in [0.717, 1.165) is 0 Å². The van der Waals surface area contributed by atoms with E-state index < -0.39 is 0 Å². The summed E-state index contributed by atoms with van der Waals surface area (Å²) in [5, 5.41) is 2.66. The van der Waals surface area contributed by atoms with E-state index in [-0.39, 0.29) is 6.04 Å². The predicted octanol–water partition coefficient (Wildman–Crippen LogP) is 6.75. The van der Waals surface area contributed by atoms with Crippen LogP contribution in [-0.2, 0) is 0 Å². The van der Waals surface area contributed by atoms with Gasteiger partial charge in [-0.3, -0.25) is 0 Å². The summed E-state index contributed by atoms with van der Waals surface area (Å²) in [5.74, 6) is 0. The number of hydrogen-bond acceptors (Lipinski definition) is 1. The van der Waals surface area contributed by atoms with Crippen LogP contribution >= 0.6 is 0 Å². The normalized spacial score (nSPS) is 15.2. The van der Waals surface area contributed by atoms with Gasteiger partial charge in [0.15, 0.2) is 0 Å². The molecule has 0 saturated carbocycles. The smallest absolute Gasteiger partial charge is 0.0785 e. The first-order valence-electron chi connectivity index (χ1n) is 9.01. The molecule has 0 aliphatic heterocycles. The molecule has 4 aromatic carbocycles. The molecule has 1 nitrogen and oxygen atoms in total. The van der Waals surface area contributed by atoms with E-state index in [4.69, 9.17) is 0 Å². The SMILES string of the molecule is C1=CC(N(c2ccccc2)c2ccccc2)c2cccc3cccc1c23. The highest BCUT2D eigenvalue weighted by Crippen LogP contribution is 2.42. The lowest BCUT2D eigenvalue weighted by Gasteiger charge is -2.35. The third-order valence-corrected chi connectivity index (χ3v) is 5.09. The minimum atomic E-state index is 0.165. The fourth-order valence-electron chi connectivity index (χ4n) is 3.96. The average Bonchev–Trinajstić information content (AvgIpc) is 2.72. The summed E-state index contributed by atoms with van der Waals surface area (Å²) in [6.07, 6.45) is 4.58. The van der Waals surface area contributed by atoms with Crippen LogP contribution in [0.5, 0.6) is 0 Å². The molecule has 26 heavy (non-hydrogen) atoms. The molecule has 0 fully saturated rings. The average molecular weight is 333 g/mol. The van der Waals surface area contributed by atoms with Crippen molar-refractivity contribution in [2.75, 3.05) is 4.90 Å². The monoisotopic (exact) mass is 333 g/mol. The van der Waals surface area contributed by atoms with Crippen molar-refractivity contribution in [3.63, 3.8) is 0 Å². The Morgan fingerprint density at radius 3 is 1.85 bits per heavy atom. The Morgan fingerprint density at radius 2 is 1.19 bits per heavy atom. The molecule has 0 spiro atoms. The van der Waals surface area contributed by atoms with Gasteiger partial charge in [-0.25, -0.2) is 0 Å². The van der Waals surface area contributed by atoms with E-state index >= 15 is 0 Å². The molecule has 0 radical (unpaired) electrons. The number of rotatable bonds is 3. The topological polar surface area (TPSA) is 3.24 Å². The minimum absolute atomic E-state index is 0.165. The minimum Gasteiger partial charge on any atom is -0.330 e. The van der Waals surface area contributed by atoms with Crippen LogP contribution in [-0.4, -0.2) is 0 Å². The molecule has 0 saturated heterocycles. The fourth-order valence-corrected chi connectivity index (χ4v) is 3.96. The standard InChI is InChI=1S/C25H19N/c1-3-12-21(13-4-1)26(22-14-5-2-6-15-22)24-18-17-20-10-7-9-19-11-8-16-23(24)25(19)20/h1-18,24H. The molecule has 1 unspecified atom stereocenters. The Labute approximate surface area is 153 Å². The summed E-state index contributed by atoms with van der Waals surface area (Å²) in [5.41, 5.74) is 5.05. The van der Waals surface area contributed by atoms with Gasteiger partial charge in [-0.05, 0) is 46.2 Å². The first-order valence-corrected chi connectivity index (χ1v) is 9.01. The van der Waals surface area contributed by atoms with Gasteiger partial charge >= 0.3 is 0 Å². The molecular weight excluding hydrogens is 314 g/mol. The lowest BCUT2D eigenvalue weighted by molar-refractivity contribution is 0.858. The summed E-state index contributed by atoms with van der Waals surface area (Å²) >= 11 is 0. The summed E-state index contributed by atoms with van der Waals surface area (Å²) < 4.78 is 0. The third-order valence-electron chi connectivity index (χ3n) is 5.09. The van der Waals surface area contributed by atoms with Crippen molar-refractivity contribution in [2.45, 2.75) is 6.04 Å². The highest BCUT2D eigenvalue weighted by molar-refractivity contribution is 5.96. The zero-order valence-corrected chi connectivity index (χ0v) is 14.4. The van der Waals surface area contributed by atoms with E-state index in [1.54, 1.807) is 0 Å². The van der Waals surface area contributed by atoms with Crippen LogP contribution in [0.1, 0.15) is 17.2 Å². The van der Waals surface area contributed by atoms with Crippen LogP contribution in [0, 0.1) is 0 Å². The maximum atomic E-state index is 2.42. The molecular formula is C25H19N. The second kappa shape index (κ2) is 6.20. The van der Waals surface area contributed by atoms with Crippen molar-refractivity contribution >= 4 is 28.2 Å². The van der Waals surface area contributed by atoms with Gasteiger partial charge in [-0.1, -0.05) is 84.9 Å². The molecule has 1 atom stereocenters. The lowest BCUT2D eigenvalue weighted by atomic mass is 9.89. The van der Waals surface area contributed by atoms with Crippen LogP contribution in [0.3, 0.4) is 0 Å². The summed E-state index contributed by atoms with van der Waals surface area (Å²) in [6.45, 7) is 0. The van der Waals surface area contributed by atoms with E-state index in [1.165, 1.54) is 33.3 Å². The number of benzene rings is 4. The van der Waals surface area contributed by atoms with Gasteiger partial charge in [-0.15, -0.1) is 0 Å². The number of anilines is 2. The highest BCUT2D eigenvalue weighted by Gasteiger charge is 2.25. The first kappa shape index (κ1) is 15.0. The molecule has 5 rings (SSSR count). The van der Waals surface area contributed by atoms with Crippen molar-refractivity contribution in [3.05, 3.63) is 114 Å². The molecule has 0 aromatic heterocycles. The largest absolute Gasteiger partial charge is 0.330 e. The zero-order chi connectivity index (χ0) is 17.3. The Bertz CT molecular complexity index is 1040. The molecule has 0 heterocycles. The van der Waals surface area contributed by atoms with Gasteiger partial charge in [0, 0.05) is 11.4 Å². The van der Waals surface area contributed by atoms with Crippen molar-refractivity contribution < 1.29 is 0 Å². The van der Waals surface area contributed by atoms with Crippen LogP contribution in [0.2, 0.25) is 0 Å². The van der Waals surface area contributed by atoms with E-state index in [9.17, 15) is 0 Å². The van der Waals surface area contributed by atoms with Crippen molar-refractivity contribution in [3.8, 4) is 0 Å². The van der Waals surface area contributed by atoms with Gasteiger partial charge < -0.3 is 4.90 Å². The van der Waals surface area contributed by atoms with Crippen LogP contribution in [0.25, 0.3) is 16.8 Å². The molecule has 0 amide bonds.